The van der Waals surface area contributed by atoms with Crippen LogP contribution < -0.4 is 10.6 Å². The van der Waals surface area contributed by atoms with Crippen LogP contribution in [-0.2, 0) is 9.59 Å². The van der Waals surface area contributed by atoms with Gasteiger partial charge in [-0.1, -0.05) is 35.9 Å². The molecular formula is C23H19ClN4O2S. The molecule has 0 bridgehead atoms. The number of para-hydroxylation sites is 1. The Morgan fingerprint density at radius 2 is 1.84 bits per heavy atom. The van der Waals surface area contributed by atoms with E-state index in [0.717, 1.165) is 26.4 Å². The fraction of sp³-hybridized carbons (Fsp3) is 0.130. The molecule has 156 valence electrons. The van der Waals surface area contributed by atoms with Crippen LogP contribution in [0.2, 0.25) is 5.02 Å². The van der Waals surface area contributed by atoms with Gasteiger partial charge in [-0.05, 0) is 42.0 Å². The number of anilines is 1. The summed E-state index contributed by atoms with van der Waals surface area (Å²) in [5.41, 5.74) is 2.64. The molecule has 8 heteroatoms. The number of hydrogen-bond donors (Lipinski definition) is 2. The molecule has 6 nitrogen and oxygen atoms in total. The van der Waals surface area contributed by atoms with E-state index >= 15 is 0 Å². The molecule has 0 aliphatic heterocycles. The average Bonchev–Trinajstić information content (AvgIpc) is 3.18. The Balaban J connectivity index is 1.44. The lowest BCUT2D eigenvalue weighted by molar-refractivity contribution is -0.120. The predicted octanol–water partition coefficient (Wildman–Crippen LogP) is 5.22. The second-order valence-electron chi connectivity index (χ2n) is 6.98. The van der Waals surface area contributed by atoms with E-state index in [-0.39, 0.29) is 18.2 Å². The maximum atomic E-state index is 12.6. The summed E-state index contributed by atoms with van der Waals surface area (Å²) in [6.45, 7) is 1.42. The third-order valence-corrected chi connectivity index (χ3v) is 5.95. The van der Waals surface area contributed by atoms with Gasteiger partial charge in [0, 0.05) is 23.7 Å². The van der Waals surface area contributed by atoms with E-state index in [2.05, 4.69) is 20.6 Å². The molecule has 0 aliphatic carbocycles. The molecule has 2 heterocycles. The normalized spacial score (nSPS) is 11.8. The number of amides is 2. The Kier molecular flexibility index (Phi) is 6.25. The van der Waals surface area contributed by atoms with E-state index in [1.54, 1.807) is 47.9 Å². The fourth-order valence-electron chi connectivity index (χ4n) is 3.16. The smallest absolute Gasteiger partial charge is 0.227 e. The number of nitrogens with zero attached hydrogens (tertiary/aromatic N) is 2. The first kappa shape index (κ1) is 21.0. The van der Waals surface area contributed by atoms with Crippen molar-refractivity contribution in [3.63, 3.8) is 0 Å². The highest BCUT2D eigenvalue weighted by molar-refractivity contribution is 7.21. The van der Waals surface area contributed by atoms with Crippen molar-refractivity contribution >= 4 is 50.8 Å². The second-order valence-corrected chi connectivity index (χ2v) is 8.44. The number of pyridine rings is 1. The Morgan fingerprint density at radius 1 is 1.06 bits per heavy atom. The highest BCUT2D eigenvalue weighted by Gasteiger charge is 2.18. The molecule has 2 aromatic heterocycles. The molecule has 2 N–H and O–H groups in total. The van der Waals surface area contributed by atoms with Crippen LogP contribution in [0.4, 0.5) is 5.82 Å². The Morgan fingerprint density at radius 3 is 2.52 bits per heavy atom. The number of carbonyl (C=O) groups excluding carboxylic acids is 2. The summed E-state index contributed by atoms with van der Waals surface area (Å²) in [5, 5.41) is 7.06. The summed E-state index contributed by atoms with van der Waals surface area (Å²) in [5.74, 6) is -0.0347. The number of fused-ring (bicyclic) bond motifs is 1. The van der Waals surface area contributed by atoms with Crippen LogP contribution in [0.1, 0.15) is 24.9 Å². The van der Waals surface area contributed by atoms with Crippen LogP contribution in [0.5, 0.6) is 0 Å². The summed E-state index contributed by atoms with van der Waals surface area (Å²) in [4.78, 5) is 33.1. The Bertz CT molecular complexity index is 1190. The molecule has 2 aromatic carbocycles. The van der Waals surface area contributed by atoms with Gasteiger partial charge in [-0.25, -0.2) is 9.97 Å². The van der Waals surface area contributed by atoms with Crippen molar-refractivity contribution < 1.29 is 9.59 Å². The lowest BCUT2D eigenvalue weighted by Gasteiger charge is -2.18. The zero-order valence-electron chi connectivity index (χ0n) is 16.6. The molecule has 0 radical (unpaired) electrons. The van der Waals surface area contributed by atoms with Crippen LogP contribution in [0, 0.1) is 0 Å². The summed E-state index contributed by atoms with van der Waals surface area (Å²) in [6, 6.07) is 18.2. The highest BCUT2D eigenvalue weighted by Crippen LogP contribution is 2.30. The number of benzene rings is 2. The van der Waals surface area contributed by atoms with Crippen molar-refractivity contribution in [2.45, 2.75) is 19.4 Å². The molecule has 31 heavy (non-hydrogen) atoms. The Hall–Kier alpha value is -3.29. The number of hydrogen-bond acceptors (Lipinski definition) is 5. The zero-order valence-corrected chi connectivity index (χ0v) is 18.2. The summed E-state index contributed by atoms with van der Waals surface area (Å²) in [7, 11) is 0. The molecule has 4 rings (SSSR count). The molecule has 1 atom stereocenters. The largest absolute Gasteiger partial charge is 0.349 e. The maximum absolute atomic E-state index is 12.6. The van der Waals surface area contributed by atoms with Gasteiger partial charge in [0.2, 0.25) is 11.8 Å². The van der Waals surface area contributed by atoms with E-state index in [0.29, 0.717) is 10.8 Å². The molecule has 0 saturated heterocycles. The van der Waals surface area contributed by atoms with Crippen molar-refractivity contribution in [2.24, 2.45) is 0 Å². The first-order valence-electron chi connectivity index (χ1n) is 9.62. The number of aromatic nitrogens is 2. The van der Waals surface area contributed by atoms with Crippen LogP contribution in [0.25, 0.3) is 20.8 Å². The topological polar surface area (TPSA) is 84.0 Å². The second kappa shape index (κ2) is 9.24. The summed E-state index contributed by atoms with van der Waals surface area (Å²) < 4.78 is 1.11. The number of rotatable bonds is 6. The van der Waals surface area contributed by atoms with Crippen molar-refractivity contribution in [1.82, 2.24) is 15.3 Å². The van der Waals surface area contributed by atoms with E-state index in [1.165, 1.54) is 6.92 Å². The van der Waals surface area contributed by atoms with Gasteiger partial charge >= 0.3 is 0 Å². The van der Waals surface area contributed by atoms with Gasteiger partial charge in [-0.2, -0.15) is 0 Å². The van der Waals surface area contributed by atoms with Gasteiger partial charge in [0.05, 0.1) is 22.7 Å². The van der Waals surface area contributed by atoms with E-state index in [4.69, 9.17) is 11.6 Å². The Labute approximate surface area is 188 Å². The molecule has 0 fully saturated rings. The van der Waals surface area contributed by atoms with E-state index in [1.807, 2.05) is 30.3 Å². The highest BCUT2D eigenvalue weighted by atomic mass is 35.5. The zero-order chi connectivity index (χ0) is 21.8. The van der Waals surface area contributed by atoms with Gasteiger partial charge in [-0.3, -0.25) is 9.59 Å². The first-order chi connectivity index (χ1) is 15.0. The van der Waals surface area contributed by atoms with Crippen molar-refractivity contribution in [3.05, 3.63) is 77.4 Å². The van der Waals surface area contributed by atoms with Gasteiger partial charge < -0.3 is 10.6 Å². The van der Waals surface area contributed by atoms with Crippen LogP contribution in [0.15, 0.2) is 66.9 Å². The minimum Gasteiger partial charge on any atom is -0.349 e. The monoisotopic (exact) mass is 450 g/mol. The van der Waals surface area contributed by atoms with Gasteiger partial charge in [0.1, 0.15) is 10.8 Å². The fourth-order valence-corrected chi connectivity index (χ4v) is 4.24. The molecule has 0 saturated carbocycles. The molecule has 2 amide bonds. The lowest BCUT2D eigenvalue weighted by atomic mass is 10.0. The lowest BCUT2D eigenvalue weighted by Crippen LogP contribution is -2.29. The minimum absolute atomic E-state index is 0.0719. The van der Waals surface area contributed by atoms with Gasteiger partial charge in [-0.15, -0.1) is 11.3 Å². The van der Waals surface area contributed by atoms with E-state index < -0.39 is 6.04 Å². The van der Waals surface area contributed by atoms with Crippen LogP contribution >= 0.6 is 22.9 Å². The molecule has 4 aromatic rings. The number of thiazole rings is 1. The average molecular weight is 451 g/mol. The molecule has 0 aliphatic rings. The number of nitrogens with one attached hydrogen (secondary N) is 2. The predicted molar refractivity (Wildman–Crippen MR) is 124 cm³/mol. The summed E-state index contributed by atoms with van der Waals surface area (Å²) in [6.07, 6.45) is 1.76. The number of carbonyl (C=O) groups is 2. The quantitative estimate of drug-likeness (QED) is 0.422. The third kappa shape index (κ3) is 5.25. The standard InChI is InChI=1S/C23H19ClN4O2S/c1-14(29)26-19(15-6-9-17(24)10-7-15)12-22(30)28-21-11-8-16(13-25-21)23-27-18-4-2-3-5-20(18)31-23/h2-11,13,19H,12H2,1H3,(H,26,29)(H,25,28,30). The van der Waals surface area contributed by atoms with Crippen molar-refractivity contribution in [1.29, 1.82) is 0 Å². The molecular weight excluding hydrogens is 432 g/mol. The van der Waals surface area contributed by atoms with Gasteiger partial charge in [0.25, 0.3) is 0 Å². The summed E-state index contributed by atoms with van der Waals surface area (Å²) >= 11 is 7.53. The molecule has 0 spiro atoms. The van der Waals surface area contributed by atoms with E-state index in [9.17, 15) is 9.59 Å². The van der Waals surface area contributed by atoms with Crippen LogP contribution in [0.3, 0.4) is 0 Å². The van der Waals surface area contributed by atoms with Crippen molar-refractivity contribution in [2.75, 3.05) is 5.32 Å². The minimum atomic E-state index is -0.461. The van der Waals surface area contributed by atoms with Crippen LogP contribution in [-0.4, -0.2) is 21.8 Å². The first-order valence-corrected chi connectivity index (χ1v) is 10.8. The van der Waals surface area contributed by atoms with Gasteiger partial charge in [0.15, 0.2) is 0 Å². The third-order valence-electron chi connectivity index (χ3n) is 4.61. The maximum Gasteiger partial charge on any atom is 0.227 e. The number of halogens is 1. The SMILES string of the molecule is CC(=O)NC(CC(=O)Nc1ccc(-c2nc3ccccc3s2)cn1)c1ccc(Cl)cc1. The van der Waals surface area contributed by atoms with Crippen molar-refractivity contribution in [3.8, 4) is 10.6 Å². The molecule has 1 unspecified atom stereocenters.